The number of nitrogens with zero attached hydrogens (tertiary/aromatic N) is 1. The summed E-state index contributed by atoms with van der Waals surface area (Å²) in [6.07, 6.45) is 7.56. The number of hydrogen-bond donors (Lipinski definition) is 1. The number of nitrogens with one attached hydrogen (secondary N) is 1. The Labute approximate surface area is 110 Å². The Morgan fingerprint density at radius 1 is 1.41 bits per heavy atom. The van der Waals surface area contributed by atoms with Crippen LogP contribution in [0.5, 0.6) is 0 Å². The van der Waals surface area contributed by atoms with E-state index in [-0.39, 0.29) is 4.90 Å². The third-order valence-electron chi connectivity index (χ3n) is 2.77. The lowest BCUT2D eigenvalue weighted by atomic mass is 10.2. The second-order valence-corrected chi connectivity index (χ2v) is 7.00. The second-order valence-electron chi connectivity index (χ2n) is 4.32. The summed E-state index contributed by atoms with van der Waals surface area (Å²) in [5, 5.41) is 0. The van der Waals surface area contributed by atoms with Gasteiger partial charge in [0, 0.05) is 23.4 Å². The topological polar surface area (TPSA) is 59.1 Å². The summed E-state index contributed by atoms with van der Waals surface area (Å²) in [7, 11) is -3.40. The Balaban J connectivity index is 1.88. The smallest absolute Gasteiger partial charge is 0.242 e. The van der Waals surface area contributed by atoms with Crippen LogP contribution in [0.4, 0.5) is 0 Å². The van der Waals surface area contributed by atoms with E-state index in [1.807, 2.05) is 0 Å². The molecule has 1 saturated carbocycles. The summed E-state index contributed by atoms with van der Waals surface area (Å²) in [4.78, 5) is 4.06. The molecule has 1 fully saturated rings. The van der Waals surface area contributed by atoms with Gasteiger partial charge >= 0.3 is 0 Å². The highest BCUT2D eigenvalue weighted by molar-refractivity contribution is 9.10. The molecule has 4 nitrogen and oxygen atoms in total. The van der Waals surface area contributed by atoms with E-state index >= 15 is 0 Å². The maximum atomic E-state index is 11.9. The van der Waals surface area contributed by atoms with Crippen LogP contribution in [0.3, 0.4) is 0 Å². The van der Waals surface area contributed by atoms with Crippen molar-refractivity contribution in [3.05, 3.63) is 22.9 Å². The summed E-state index contributed by atoms with van der Waals surface area (Å²) >= 11 is 3.21. The predicted octanol–water partition coefficient (Wildman–Crippen LogP) is 2.31. The van der Waals surface area contributed by atoms with Crippen LogP contribution in [0.1, 0.15) is 25.7 Å². The predicted molar refractivity (Wildman–Crippen MR) is 69.1 cm³/mol. The summed E-state index contributed by atoms with van der Waals surface area (Å²) in [6, 6.07) is 1.55. The molecular formula is C11H15BrN2O2S. The van der Waals surface area contributed by atoms with Crippen molar-refractivity contribution in [1.29, 1.82) is 0 Å². The number of rotatable bonds is 6. The normalized spacial score (nSPS) is 16.1. The maximum absolute atomic E-state index is 11.9. The van der Waals surface area contributed by atoms with E-state index in [1.165, 1.54) is 19.0 Å². The summed E-state index contributed by atoms with van der Waals surface area (Å²) in [5.41, 5.74) is 0. The van der Waals surface area contributed by atoms with Gasteiger partial charge in [0.2, 0.25) is 10.0 Å². The van der Waals surface area contributed by atoms with Gasteiger partial charge in [-0.25, -0.2) is 13.1 Å². The first-order valence-electron chi connectivity index (χ1n) is 5.68. The Bertz CT molecular complexity index is 486. The zero-order valence-electron chi connectivity index (χ0n) is 9.39. The average molecular weight is 319 g/mol. The highest BCUT2D eigenvalue weighted by Gasteiger charge is 2.21. The van der Waals surface area contributed by atoms with E-state index in [9.17, 15) is 8.42 Å². The van der Waals surface area contributed by atoms with Gasteiger partial charge in [0.1, 0.15) is 4.90 Å². The highest BCUT2D eigenvalue weighted by Crippen LogP contribution is 2.33. The molecule has 1 aromatic rings. The minimum Gasteiger partial charge on any atom is -0.262 e. The van der Waals surface area contributed by atoms with Gasteiger partial charge in [-0.2, -0.15) is 0 Å². The zero-order valence-corrected chi connectivity index (χ0v) is 11.8. The van der Waals surface area contributed by atoms with Gasteiger partial charge in [0.25, 0.3) is 0 Å². The number of halogens is 1. The molecule has 0 aromatic carbocycles. The largest absolute Gasteiger partial charge is 0.262 e. The van der Waals surface area contributed by atoms with Gasteiger partial charge in [0.15, 0.2) is 0 Å². The van der Waals surface area contributed by atoms with Crippen molar-refractivity contribution < 1.29 is 8.42 Å². The summed E-state index contributed by atoms with van der Waals surface area (Å²) < 4.78 is 27.0. The van der Waals surface area contributed by atoms with Crippen LogP contribution in [0, 0.1) is 5.92 Å². The van der Waals surface area contributed by atoms with Gasteiger partial charge in [-0.15, -0.1) is 0 Å². The van der Waals surface area contributed by atoms with E-state index in [2.05, 4.69) is 25.6 Å². The van der Waals surface area contributed by atoms with E-state index in [4.69, 9.17) is 0 Å². The fourth-order valence-corrected chi connectivity index (χ4v) is 3.20. The summed E-state index contributed by atoms with van der Waals surface area (Å²) in [6.45, 7) is 0.505. The van der Waals surface area contributed by atoms with Gasteiger partial charge < -0.3 is 0 Å². The third kappa shape index (κ3) is 4.04. The van der Waals surface area contributed by atoms with Gasteiger partial charge in [-0.1, -0.05) is 12.8 Å². The van der Waals surface area contributed by atoms with Crippen molar-refractivity contribution in [2.45, 2.75) is 30.6 Å². The first-order chi connectivity index (χ1) is 8.08. The van der Waals surface area contributed by atoms with Crippen molar-refractivity contribution in [1.82, 2.24) is 9.71 Å². The number of sulfonamides is 1. The molecule has 0 spiro atoms. The minimum atomic E-state index is -3.40. The molecule has 1 N–H and O–H groups in total. The van der Waals surface area contributed by atoms with E-state index < -0.39 is 10.0 Å². The Kier molecular flexibility index (Phi) is 4.17. The first-order valence-corrected chi connectivity index (χ1v) is 7.96. The molecule has 0 atom stereocenters. The fraction of sp³-hybridized carbons (Fsp3) is 0.545. The molecule has 0 bridgehead atoms. The monoisotopic (exact) mass is 318 g/mol. The highest BCUT2D eigenvalue weighted by atomic mass is 79.9. The van der Waals surface area contributed by atoms with Crippen molar-refractivity contribution >= 4 is 26.0 Å². The lowest BCUT2D eigenvalue weighted by molar-refractivity contribution is 0.572. The minimum absolute atomic E-state index is 0.207. The van der Waals surface area contributed by atoms with Crippen LogP contribution < -0.4 is 4.72 Å². The molecule has 1 aliphatic carbocycles. The van der Waals surface area contributed by atoms with Crippen molar-refractivity contribution in [2.75, 3.05) is 6.54 Å². The third-order valence-corrected chi connectivity index (χ3v) is 4.63. The second kappa shape index (κ2) is 5.46. The van der Waals surface area contributed by atoms with Crippen LogP contribution >= 0.6 is 15.9 Å². The molecule has 1 heterocycles. The Morgan fingerprint density at radius 2 is 2.18 bits per heavy atom. The van der Waals surface area contributed by atoms with Crippen LogP contribution in [-0.4, -0.2) is 19.9 Å². The number of aromatic nitrogens is 1. The van der Waals surface area contributed by atoms with Gasteiger partial charge in [-0.05, 0) is 40.8 Å². The molecule has 1 aliphatic rings. The summed E-state index contributed by atoms with van der Waals surface area (Å²) in [5.74, 6) is 0.840. The van der Waals surface area contributed by atoms with E-state index in [0.29, 0.717) is 11.0 Å². The van der Waals surface area contributed by atoms with Gasteiger partial charge in [0.05, 0.1) is 0 Å². The van der Waals surface area contributed by atoms with E-state index in [0.717, 1.165) is 18.8 Å². The van der Waals surface area contributed by atoms with Crippen molar-refractivity contribution in [2.24, 2.45) is 5.92 Å². The lowest BCUT2D eigenvalue weighted by Crippen LogP contribution is -2.25. The maximum Gasteiger partial charge on any atom is 0.242 e. The molecule has 0 saturated heterocycles. The van der Waals surface area contributed by atoms with Gasteiger partial charge in [-0.3, -0.25) is 4.98 Å². The number of hydrogen-bond acceptors (Lipinski definition) is 3. The molecular weight excluding hydrogens is 304 g/mol. The van der Waals surface area contributed by atoms with Crippen LogP contribution in [0.2, 0.25) is 0 Å². The molecule has 17 heavy (non-hydrogen) atoms. The molecule has 0 unspecified atom stereocenters. The average Bonchev–Trinajstić information content (AvgIpc) is 3.08. The molecule has 94 valence electrons. The molecule has 1 aromatic heterocycles. The molecule has 0 aliphatic heterocycles. The zero-order chi connectivity index (χ0) is 12.3. The molecule has 6 heteroatoms. The van der Waals surface area contributed by atoms with Crippen molar-refractivity contribution in [3.63, 3.8) is 0 Å². The Morgan fingerprint density at radius 3 is 2.82 bits per heavy atom. The first kappa shape index (κ1) is 13.0. The Hall–Kier alpha value is -0.460. The van der Waals surface area contributed by atoms with Crippen LogP contribution in [0.15, 0.2) is 27.8 Å². The van der Waals surface area contributed by atoms with Crippen LogP contribution in [-0.2, 0) is 10.0 Å². The molecule has 0 radical (unpaired) electrons. The van der Waals surface area contributed by atoms with Crippen LogP contribution in [0.25, 0.3) is 0 Å². The molecule has 0 amide bonds. The standard InChI is InChI=1S/C11H15BrN2O2S/c12-10-6-11(8-13-7-10)17(15,16)14-5-1-2-9-3-4-9/h6-9,14H,1-5H2. The lowest BCUT2D eigenvalue weighted by Gasteiger charge is -2.06. The molecule has 2 rings (SSSR count). The van der Waals surface area contributed by atoms with E-state index in [1.54, 1.807) is 12.3 Å². The fourth-order valence-electron chi connectivity index (χ4n) is 1.63. The quantitative estimate of drug-likeness (QED) is 0.819. The SMILES string of the molecule is O=S(=O)(NCCCC1CC1)c1cncc(Br)c1. The van der Waals surface area contributed by atoms with Crippen molar-refractivity contribution in [3.8, 4) is 0 Å². The number of pyridine rings is 1.